The Morgan fingerprint density at radius 1 is 1.04 bits per heavy atom. The van der Waals surface area contributed by atoms with Crippen molar-refractivity contribution in [3.05, 3.63) is 71.2 Å². The second-order valence-corrected chi connectivity index (χ2v) is 7.16. The molecule has 3 aromatic rings. The molecule has 3 rings (SSSR count). The third-order valence-corrected chi connectivity index (χ3v) is 5.02. The number of aryl methyl sites for hydroxylation is 1. The molecule has 0 saturated heterocycles. The molecule has 0 amide bonds. The van der Waals surface area contributed by atoms with Crippen LogP contribution in [0.5, 0.6) is 0 Å². The number of rotatable bonds is 7. The highest BCUT2D eigenvalue weighted by Crippen LogP contribution is 2.32. The average Bonchev–Trinajstić information content (AvgIpc) is 3.12. The molecule has 2 aromatic carbocycles. The van der Waals surface area contributed by atoms with Crippen LogP contribution in [0.1, 0.15) is 68.6 Å². The van der Waals surface area contributed by atoms with Crippen molar-refractivity contribution in [1.29, 1.82) is 0 Å². The Morgan fingerprint density at radius 2 is 1.81 bits per heavy atom. The summed E-state index contributed by atoms with van der Waals surface area (Å²) >= 11 is 0. The molecule has 3 heteroatoms. The lowest BCUT2D eigenvalue weighted by Gasteiger charge is -2.15. The van der Waals surface area contributed by atoms with Gasteiger partial charge in [0.25, 0.3) is 0 Å². The molecule has 27 heavy (non-hydrogen) atoms. The summed E-state index contributed by atoms with van der Waals surface area (Å²) in [6.45, 7) is 6.15. The van der Waals surface area contributed by atoms with Gasteiger partial charge < -0.3 is 10.1 Å². The number of hydrogen-bond acceptors (Lipinski definition) is 1. The van der Waals surface area contributed by atoms with E-state index in [-0.39, 0.29) is 12.4 Å². The van der Waals surface area contributed by atoms with Gasteiger partial charge in [0.1, 0.15) is 5.82 Å². The van der Waals surface area contributed by atoms with Crippen LogP contribution in [-0.4, -0.2) is 10.1 Å². The first-order valence-electron chi connectivity index (χ1n) is 10.0. The number of benzene rings is 2. The van der Waals surface area contributed by atoms with E-state index in [1.54, 1.807) is 19.1 Å². The van der Waals surface area contributed by atoms with Gasteiger partial charge in [-0.1, -0.05) is 63.4 Å². The Kier molecular flexibility index (Phi) is 8.53. The molecule has 0 spiro atoms. The zero-order valence-electron chi connectivity index (χ0n) is 16.8. The van der Waals surface area contributed by atoms with Crippen LogP contribution in [0.15, 0.2) is 48.7 Å². The van der Waals surface area contributed by atoms with Crippen LogP contribution in [0.4, 0.5) is 4.39 Å². The summed E-state index contributed by atoms with van der Waals surface area (Å²) in [5, 5.41) is 10.0. The lowest BCUT2D eigenvalue weighted by Crippen LogP contribution is -1.97. The Hall–Kier alpha value is -2.13. The summed E-state index contributed by atoms with van der Waals surface area (Å²) in [6.07, 6.45) is 8.76. The summed E-state index contributed by atoms with van der Waals surface area (Å²) in [7, 11) is 0. The molecule has 1 atom stereocenters. The molecule has 0 bridgehead atoms. The predicted molar refractivity (Wildman–Crippen MR) is 113 cm³/mol. The standard InChI is InChI=1S/C16H23N.C8H9FO/c1-3-5-9-13(8-4-2)15-12-17-16-11-7-6-10-14(15)16;1-6-2-3-7(5-10)4-8(6)9/h6-7,10-13,17H,3-5,8-9H2,1-2H3;2-4,10H,5H2,1H3. The smallest absolute Gasteiger partial charge is 0.126 e. The zero-order chi connectivity index (χ0) is 19.6. The summed E-state index contributed by atoms with van der Waals surface area (Å²) in [5.41, 5.74) is 4.02. The highest BCUT2D eigenvalue weighted by atomic mass is 19.1. The molecule has 0 radical (unpaired) electrons. The van der Waals surface area contributed by atoms with Crippen molar-refractivity contribution in [1.82, 2.24) is 4.98 Å². The maximum Gasteiger partial charge on any atom is 0.126 e. The number of hydrogen-bond donors (Lipinski definition) is 2. The van der Waals surface area contributed by atoms with Crippen molar-refractivity contribution in [3.63, 3.8) is 0 Å². The first-order chi connectivity index (χ1) is 13.1. The number of unbranched alkanes of at least 4 members (excludes halogenated alkanes) is 1. The summed E-state index contributed by atoms with van der Waals surface area (Å²) in [5.74, 6) is 0.475. The van der Waals surface area contributed by atoms with Crippen molar-refractivity contribution >= 4 is 10.9 Å². The number of aliphatic hydroxyl groups is 1. The number of halogens is 1. The fraction of sp³-hybridized carbons (Fsp3) is 0.417. The van der Waals surface area contributed by atoms with E-state index < -0.39 is 0 Å². The molecule has 1 heterocycles. The largest absolute Gasteiger partial charge is 0.392 e. The van der Waals surface area contributed by atoms with Crippen LogP contribution in [0.3, 0.4) is 0 Å². The van der Waals surface area contributed by atoms with E-state index >= 15 is 0 Å². The van der Waals surface area contributed by atoms with E-state index in [1.165, 1.54) is 54.6 Å². The Labute approximate surface area is 162 Å². The minimum atomic E-state index is -0.258. The van der Waals surface area contributed by atoms with Crippen molar-refractivity contribution in [2.24, 2.45) is 0 Å². The van der Waals surface area contributed by atoms with Gasteiger partial charge >= 0.3 is 0 Å². The van der Waals surface area contributed by atoms with Gasteiger partial charge in [0, 0.05) is 17.1 Å². The Balaban J connectivity index is 0.000000223. The molecule has 2 nitrogen and oxygen atoms in total. The monoisotopic (exact) mass is 369 g/mol. The second-order valence-electron chi connectivity index (χ2n) is 7.16. The van der Waals surface area contributed by atoms with Crippen LogP contribution >= 0.6 is 0 Å². The third-order valence-electron chi connectivity index (χ3n) is 5.02. The highest BCUT2D eigenvalue weighted by Gasteiger charge is 2.14. The number of aromatic amines is 1. The molecule has 0 fully saturated rings. The molecule has 1 unspecified atom stereocenters. The van der Waals surface area contributed by atoms with E-state index in [2.05, 4.69) is 49.3 Å². The van der Waals surface area contributed by atoms with Gasteiger partial charge in [-0.15, -0.1) is 0 Å². The van der Waals surface area contributed by atoms with Gasteiger partial charge in [0.2, 0.25) is 0 Å². The number of aromatic nitrogens is 1. The number of aliphatic hydroxyl groups excluding tert-OH is 1. The fourth-order valence-corrected chi connectivity index (χ4v) is 3.42. The van der Waals surface area contributed by atoms with Gasteiger partial charge in [0.05, 0.1) is 6.61 Å². The van der Waals surface area contributed by atoms with Crippen LogP contribution in [0.25, 0.3) is 10.9 Å². The Morgan fingerprint density at radius 3 is 2.48 bits per heavy atom. The van der Waals surface area contributed by atoms with E-state index in [4.69, 9.17) is 5.11 Å². The maximum absolute atomic E-state index is 12.7. The van der Waals surface area contributed by atoms with Gasteiger partial charge in [-0.3, -0.25) is 0 Å². The molecule has 0 aliphatic heterocycles. The molecule has 1 aromatic heterocycles. The van der Waals surface area contributed by atoms with E-state index in [1.807, 2.05) is 0 Å². The number of para-hydroxylation sites is 1. The first kappa shape index (κ1) is 21.2. The number of nitrogens with one attached hydrogen (secondary N) is 1. The fourth-order valence-electron chi connectivity index (χ4n) is 3.42. The highest BCUT2D eigenvalue weighted by molar-refractivity contribution is 5.83. The van der Waals surface area contributed by atoms with E-state index in [9.17, 15) is 4.39 Å². The predicted octanol–water partition coefficient (Wildman–Crippen LogP) is 6.87. The first-order valence-corrected chi connectivity index (χ1v) is 10.0. The van der Waals surface area contributed by atoms with E-state index in [0.717, 1.165) is 5.92 Å². The van der Waals surface area contributed by atoms with Crippen molar-refractivity contribution in [2.45, 2.75) is 65.4 Å². The zero-order valence-corrected chi connectivity index (χ0v) is 16.8. The normalized spacial score (nSPS) is 11.9. The van der Waals surface area contributed by atoms with Gasteiger partial charge in [-0.05, 0) is 54.5 Å². The van der Waals surface area contributed by atoms with E-state index in [0.29, 0.717) is 11.1 Å². The van der Waals surface area contributed by atoms with Gasteiger partial charge in [-0.25, -0.2) is 4.39 Å². The number of fused-ring (bicyclic) bond motifs is 1. The second kappa shape index (κ2) is 10.9. The maximum atomic E-state index is 12.7. The van der Waals surface area contributed by atoms with Crippen LogP contribution in [-0.2, 0) is 6.61 Å². The van der Waals surface area contributed by atoms with Crippen LogP contribution in [0.2, 0.25) is 0 Å². The summed E-state index contributed by atoms with van der Waals surface area (Å²) in [6, 6.07) is 13.4. The molecular formula is C24H32FNO. The number of H-pyrrole nitrogens is 1. The quantitative estimate of drug-likeness (QED) is 0.468. The summed E-state index contributed by atoms with van der Waals surface area (Å²) < 4.78 is 12.7. The van der Waals surface area contributed by atoms with Gasteiger partial charge in [0.15, 0.2) is 0 Å². The molecule has 2 N–H and O–H groups in total. The van der Waals surface area contributed by atoms with Crippen molar-refractivity contribution < 1.29 is 9.50 Å². The third kappa shape index (κ3) is 5.93. The molecule has 0 saturated carbocycles. The molecular weight excluding hydrogens is 337 g/mol. The van der Waals surface area contributed by atoms with Crippen LogP contribution < -0.4 is 0 Å². The van der Waals surface area contributed by atoms with Crippen molar-refractivity contribution in [3.8, 4) is 0 Å². The lowest BCUT2D eigenvalue weighted by molar-refractivity contribution is 0.281. The summed E-state index contributed by atoms with van der Waals surface area (Å²) in [4.78, 5) is 3.40. The molecule has 0 aliphatic carbocycles. The Bertz CT molecular complexity index is 824. The molecule has 146 valence electrons. The lowest BCUT2D eigenvalue weighted by atomic mass is 9.89. The van der Waals surface area contributed by atoms with Crippen molar-refractivity contribution in [2.75, 3.05) is 0 Å². The minimum Gasteiger partial charge on any atom is -0.392 e. The average molecular weight is 370 g/mol. The SMILES string of the molecule is CCCCC(CCC)c1c[nH]c2ccccc12.Cc1ccc(CO)cc1F. The molecule has 0 aliphatic rings. The minimum absolute atomic E-state index is 0.100. The van der Waals surface area contributed by atoms with Crippen LogP contribution in [0, 0.1) is 12.7 Å². The van der Waals surface area contributed by atoms with Gasteiger partial charge in [-0.2, -0.15) is 0 Å². The topological polar surface area (TPSA) is 36.0 Å².